The number of hydrogen-bond acceptors (Lipinski definition) is 6. The maximum atomic E-state index is 13.2. The van der Waals surface area contributed by atoms with Crippen molar-refractivity contribution in [2.75, 3.05) is 11.9 Å². The van der Waals surface area contributed by atoms with Crippen LogP contribution in [0.2, 0.25) is 0 Å². The zero-order valence-electron chi connectivity index (χ0n) is 18.6. The van der Waals surface area contributed by atoms with Crippen LogP contribution in [0.5, 0.6) is 0 Å². The fraction of sp³-hybridized carbons (Fsp3) is 0.391. The number of nitrogens with zero attached hydrogens (tertiary/aromatic N) is 2. The van der Waals surface area contributed by atoms with Gasteiger partial charge in [-0.2, -0.15) is 0 Å². The highest BCUT2D eigenvalue weighted by molar-refractivity contribution is 9.10. The number of anilines is 1. The third-order valence-corrected chi connectivity index (χ3v) is 7.06. The Kier molecular flexibility index (Phi) is 7.87. The van der Waals surface area contributed by atoms with E-state index in [1.807, 2.05) is 77.1 Å². The van der Waals surface area contributed by atoms with Crippen LogP contribution in [0, 0.1) is 0 Å². The summed E-state index contributed by atoms with van der Waals surface area (Å²) in [5, 5.41) is 4.29. The van der Waals surface area contributed by atoms with Gasteiger partial charge < -0.3 is 14.4 Å². The highest BCUT2D eigenvalue weighted by Crippen LogP contribution is 2.53. The van der Waals surface area contributed by atoms with E-state index in [9.17, 15) is 4.57 Å². The molecule has 1 heterocycles. The third kappa shape index (κ3) is 6.36. The van der Waals surface area contributed by atoms with Crippen molar-refractivity contribution in [3.8, 4) is 11.4 Å². The molecule has 0 atom stereocenters. The molecule has 31 heavy (non-hydrogen) atoms. The van der Waals surface area contributed by atoms with Crippen LogP contribution in [-0.4, -0.2) is 28.7 Å². The second kappa shape index (κ2) is 10.2. The lowest BCUT2D eigenvalue weighted by Gasteiger charge is -2.23. The molecule has 8 heteroatoms. The first-order chi connectivity index (χ1) is 14.7. The van der Waals surface area contributed by atoms with E-state index >= 15 is 0 Å². The molecule has 0 spiro atoms. The number of fused-ring (bicyclic) bond motifs is 1. The molecule has 0 saturated carbocycles. The molecule has 2 aromatic carbocycles. The van der Waals surface area contributed by atoms with E-state index < -0.39 is 7.60 Å². The number of rotatable bonds is 9. The summed E-state index contributed by atoms with van der Waals surface area (Å²) in [6.45, 7) is 10.2. The zero-order chi connectivity index (χ0) is 22.6. The van der Waals surface area contributed by atoms with Gasteiger partial charge in [-0.05, 0) is 58.4 Å². The number of halogens is 1. The maximum Gasteiger partial charge on any atom is 0.335 e. The predicted octanol–water partition coefficient (Wildman–Crippen LogP) is 7.03. The van der Waals surface area contributed by atoms with Gasteiger partial charge >= 0.3 is 7.60 Å². The minimum absolute atomic E-state index is 0.181. The first kappa shape index (κ1) is 23.9. The molecule has 6 nitrogen and oxygen atoms in total. The number of nitrogens with one attached hydrogen (secondary N) is 1. The summed E-state index contributed by atoms with van der Waals surface area (Å²) >= 11 is 3.52. The summed E-state index contributed by atoms with van der Waals surface area (Å²) < 4.78 is 25.5. The summed E-state index contributed by atoms with van der Waals surface area (Å²) in [6.07, 6.45) is -0.141. The minimum atomic E-state index is -3.24. The molecule has 0 bridgehead atoms. The Bertz CT molecular complexity index is 1070. The smallest absolute Gasteiger partial charge is 0.335 e. The molecule has 0 aliphatic rings. The van der Waals surface area contributed by atoms with Crippen LogP contribution in [0.3, 0.4) is 0 Å². The van der Waals surface area contributed by atoms with Gasteiger partial charge in [0.05, 0.1) is 23.9 Å². The predicted molar refractivity (Wildman–Crippen MR) is 131 cm³/mol. The highest BCUT2D eigenvalue weighted by Gasteiger charge is 2.28. The molecule has 3 aromatic rings. The van der Waals surface area contributed by atoms with Crippen molar-refractivity contribution in [2.24, 2.45) is 0 Å². The van der Waals surface area contributed by atoms with Gasteiger partial charge in [0.25, 0.3) is 0 Å². The lowest BCUT2D eigenvalue weighted by Crippen LogP contribution is -2.09. The summed E-state index contributed by atoms with van der Waals surface area (Å²) in [5.74, 6) is 1.44. The van der Waals surface area contributed by atoms with Gasteiger partial charge in [0, 0.05) is 22.0 Å². The van der Waals surface area contributed by atoms with Gasteiger partial charge in [-0.15, -0.1) is 0 Å². The van der Waals surface area contributed by atoms with E-state index in [2.05, 4.69) is 21.2 Å². The second-order valence-electron chi connectivity index (χ2n) is 7.86. The number of benzene rings is 2. The van der Waals surface area contributed by atoms with Crippen molar-refractivity contribution in [3.05, 3.63) is 52.5 Å². The summed E-state index contributed by atoms with van der Waals surface area (Å²) in [4.78, 5) is 9.47. The van der Waals surface area contributed by atoms with Crippen LogP contribution in [0.25, 0.3) is 22.3 Å². The fourth-order valence-corrected chi connectivity index (χ4v) is 5.76. The van der Waals surface area contributed by atoms with Gasteiger partial charge in [0.2, 0.25) is 0 Å². The molecule has 0 fully saturated rings. The molecule has 0 aliphatic heterocycles. The quantitative estimate of drug-likeness (QED) is 0.314. The number of aromatic nitrogens is 2. The van der Waals surface area contributed by atoms with Crippen molar-refractivity contribution < 1.29 is 13.6 Å². The zero-order valence-corrected chi connectivity index (χ0v) is 21.0. The van der Waals surface area contributed by atoms with Crippen molar-refractivity contribution in [1.82, 2.24) is 9.97 Å². The molecule has 0 saturated heterocycles. The van der Waals surface area contributed by atoms with Crippen molar-refractivity contribution in [1.29, 1.82) is 0 Å². The topological polar surface area (TPSA) is 73.3 Å². The SMILES string of the molecule is CCNc1nc(-c2ccc(CP(=O)(OC(C)C)OC(C)C)cc2)nc2ccc(Br)cc12. The molecular weight excluding hydrogens is 477 g/mol. The summed E-state index contributed by atoms with van der Waals surface area (Å²) in [7, 11) is -3.24. The Morgan fingerprint density at radius 1 is 1.00 bits per heavy atom. The molecular formula is C23H29BrN3O3P. The van der Waals surface area contributed by atoms with E-state index in [4.69, 9.17) is 19.0 Å². The van der Waals surface area contributed by atoms with Crippen LogP contribution in [0.4, 0.5) is 5.82 Å². The fourth-order valence-electron chi connectivity index (χ4n) is 3.26. The van der Waals surface area contributed by atoms with Gasteiger partial charge in [0.1, 0.15) is 5.82 Å². The van der Waals surface area contributed by atoms with E-state index in [0.717, 1.165) is 38.9 Å². The number of hydrogen-bond donors (Lipinski definition) is 1. The van der Waals surface area contributed by atoms with E-state index in [-0.39, 0.29) is 18.4 Å². The van der Waals surface area contributed by atoms with Gasteiger partial charge in [-0.25, -0.2) is 9.97 Å². The van der Waals surface area contributed by atoms with Gasteiger partial charge in [-0.1, -0.05) is 40.2 Å². The molecule has 0 unspecified atom stereocenters. The molecule has 0 amide bonds. The Morgan fingerprint density at radius 3 is 2.23 bits per heavy atom. The van der Waals surface area contributed by atoms with E-state index in [0.29, 0.717) is 5.82 Å². The van der Waals surface area contributed by atoms with Crippen LogP contribution in [0.15, 0.2) is 46.9 Å². The average molecular weight is 506 g/mol. The van der Waals surface area contributed by atoms with Crippen LogP contribution < -0.4 is 5.32 Å². The van der Waals surface area contributed by atoms with Gasteiger partial charge in [-0.3, -0.25) is 4.57 Å². The molecule has 3 rings (SSSR count). The van der Waals surface area contributed by atoms with Crippen molar-refractivity contribution in [2.45, 2.75) is 53.0 Å². The Morgan fingerprint density at radius 2 is 1.65 bits per heavy atom. The van der Waals surface area contributed by atoms with Crippen LogP contribution >= 0.6 is 23.5 Å². The van der Waals surface area contributed by atoms with E-state index in [1.54, 1.807) is 0 Å². The average Bonchev–Trinajstić information content (AvgIpc) is 2.67. The first-order valence-electron chi connectivity index (χ1n) is 10.5. The Labute approximate surface area is 192 Å². The highest BCUT2D eigenvalue weighted by atomic mass is 79.9. The molecule has 0 radical (unpaired) electrons. The van der Waals surface area contributed by atoms with Crippen LogP contribution in [0.1, 0.15) is 40.2 Å². The molecule has 1 aromatic heterocycles. The van der Waals surface area contributed by atoms with Crippen LogP contribution in [-0.2, 0) is 19.8 Å². The third-order valence-electron chi connectivity index (χ3n) is 4.33. The standard InChI is InChI=1S/C23H29BrN3O3P/c1-6-25-23-20-13-19(24)11-12-21(20)26-22(27-23)18-9-7-17(8-10-18)14-31(28,29-15(2)3)30-16(4)5/h7-13,15-16H,6,14H2,1-5H3,(H,25,26,27). The van der Waals surface area contributed by atoms with Crippen molar-refractivity contribution in [3.63, 3.8) is 0 Å². The first-order valence-corrected chi connectivity index (χ1v) is 13.0. The second-order valence-corrected chi connectivity index (χ2v) is 10.7. The van der Waals surface area contributed by atoms with Crippen molar-refractivity contribution >= 4 is 40.2 Å². The maximum absolute atomic E-state index is 13.2. The lowest BCUT2D eigenvalue weighted by atomic mass is 10.1. The van der Waals surface area contributed by atoms with Gasteiger partial charge in [0.15, 0.2) is 5.82 Å². The summed E-state index contributed by atoms with van der Waals surface area (Å²) in [6, 6.07) is 13.7. The Balaban J connectivity index is 1.91. The summed E-state index contributed by atoms with van der Waals surface area (Å²) in [5.41, 5.74) is 2.63. The molecule has 0 aliphatic carbocycles. The molecule has 1 N–H and O–H groups in total. The van der Waals surface area contributed by atoms with E-state index in [1.165, 1.54) is 0 Å². The Hall–Kier alpha value is -1.79. The normalized spacial score (nSPS) is 12.1. The minimum Gasteiger partial charge on any atom is -0.370 e. The largest absolute Gasteiger partial charge is 0.370 e. The monoisotopic (exact) mass is 505 g/mol. The lowest BCUT2D eigenvalue weighted by molar-refractivity contribution is 0.141. The molecule has 166 valence electrons.